The zero-order chi connectivity index (χ0) is 19.8. The monoisotopic (exact) mass is 395 g/mol. The highest BCUT2D eigenvalue weighted by atomic mass is 32.2. The second-order valence-electron chi connectivity index (χ2n) is 6.94. The van der Waals surface area contributed by atoms with Crippen molar-refractivity contribution in [1.29, 1.82) is 0 Å². The summed E-state index contributed by atoms with van der Waals surface area (Å²) >= 11 is 0. The summed E-state index contributed by atoms with van der Waals surface area (Å²) in [6, 6.07) is 5.25. The number of amides is 2. The van der Waals surface area contributed by atoms with Gasteiger partial charge in [-0.25, -0.2) is 13.6 Å². The van der Waals surface area contributed by atoms with Crippen LogP contribution in [0, 0.1) is 11.8 Å². The van der Waals surface area contributed by atoms with E-state index in [4.69, 9.17) is 5.14 Å². The van der Waals surface area contributed by atoms with E-state index in [9.17, 15) is 27.9 Å². The van der Waals surface area contributed by atoms with Gasteiger partial charge in [-0.05, 0) is 31.0 Å². The zero-order valence-electron chi connectivity index (χ0n) is 14.5. The summed E-state index contributed by atoms with van der Waals surface area (Å²) in [5, 5.41) is 17.1. The number of nitrogens with two attached hydrogens (primary N) is 1. The van der Waals surface area contributed by atoms with E-state index in [-0.39, 0.29) is 29.7 Å². The normalized spacial score (nSPS) is 25.6. The summed E-state index contributed by atoms with van der Waals surface area (Å²) in [5.74, 6) is -2.81. The molecule has 3 atom stereocenters. The molecule has 1 heterocycles. The Hall–Kier alpha value is -2.46. The molecule has 2 fully saturated rings. The molecule has 2 aliphatic rings. The maximum Gasteiger partial charge on any atom is 0.308 e. The lowest BCUT2D eigenvalue weighted by Crippen LogP contribution is -2.43. The molecule has 27 heavy (non-hydrogen) atoms. The van der Waals surface area contributed by atoms with Gasteiger partial charge in [0, 0.05) is 24.7 Å². The molecule has 0 radical (unpaired) electrons. The fourth-order valence-electron chi connectivity index (χ4n) is 3.69. The maximum absolute atomic E-state index is 12.5. The molecule has 146 valence electrons. The van der Waals surface area contributed by atoms with Gasteiger partial charge in [0.05, 0.1) is 16.7 Å². The molecule has 4 N–H and O–H groups in total. The van der Waals surface area contributed by atoms with E-state index in [1.807, 2.05) is 0 Å². The van der Waals surface area contributed by atoms with Crippen LogP contribution in [0.3, 0.4) is 0 Å². The van der Waals surface area contributed by atoms with Gasteiger partial charge in [0.25, 0.3) is 0 Å². The predicted octanol–water partition coefficient (Wildman–Crippen LogP) is 0.0564. The number of carboxylic acid groups (broad SMARTS) is 1. The molecule has 0 aromatic heterocycles. The number of sulfonamides is 1. The van der Waals surface area contributed by atoms with Crippen molar-refractivity contribution in [2.45, 2.75) is 36.6 Å². The summed E-state index contributed by atoms with van der Waals surface area (Å²) in [6.07, 6.45) is 1.84. The van der Waals surface area contributed by atoms with Crippen LogP contribution in [0.4, 0.5) is 5.69 Å². The average molecular weight is 395 g/mol. The second-order valence-corrected chi connectivity index (χ2v) is 8.50. The number of hydrogen-bond acceptors (Lipinski definition) is 5. The molecule has 9 nitrogen and oxygen atoms in total. The molecule has 0 spiro atoms. The van der Waals surface area contributed by atoms with Gasteiger partial charge in [-0.1, -0.05) is 12.5 Å². The minimum atomic E-state index is -3.91. The van der Waals surface area contributed by atoms with Gasteiger partial charge in [0.2, 0.25) is 21.8 Å². The van der Waals surface area contributed by atoms with Crippen LogP contribution in [0.2, 0.25) is 0 Å². The smallest absolute Gasteiger partial charge is 0.308 e. The molecule has 1 aromatic carbocycles. The first-order valence-electron chi connectivity index (χ1n) is 8.63. The van der Waals surface area contributed by atoms with Gasteiger partial charge in [-0.3, -0.25) is 14.4 Å². The Bertz CT molecular complexity index is 884. The van der Waals surface area contributed by atoms with E-state index in [1.54, 1.807) is 6.07 Å². The number of hydrogen-bond donors (Lipinski definition) is 3. The van der Waals surface area contributed by atoms with Gasteiger partial charge in [-0.15, -0.1) is 0 Å². The summed E-state index contributed by atoms with van der Waals surface area (Å²) in [5.41, 5.74) is 0.353. The molecule has 1 saturated heterocycles. The first kappa shape index (κ1) is 19.3. The van der Waals surface area contributed by atoms with Crippen LogP contribution < -0.4 is 15.4 Å². The molecular weight excluding hydrogens is 374 g/mol. The summed E-state index contributed by atoms with van der Waals surface area (Å²) < 4.78 is 23.0. The number of primary sulfonamides is 1. The summed E-state index contributed by atoms with van der Waals surface area (Å²) in [6.45, 7) is 0.100. The van der Waals surface area contributed by atoms with Crippen molar-refractivity contribution in [3.05, 3.63) is 24.3 Å². The first-order chi connectivity index (χ1) is 12.7. The van der Waals surface area contributed by atoms with Crippen molar-refractivity contribution in [3.63, 3.8) is 0 Å². The van der Waals surface area contributed by atoms with Crippen molar-refractivity contribution < 1.29 is 27.9 Å². The highest BCUT2D eigenvalue weighted by molar-refractivity contribution is 7.89. The van der Waals surface area contributed by atoms with Gasteiger partial charge >= 0.3 is 5.97 Å². The second kappa shape index (κ2) is 7.28. The van der Waals surface area contributed by atoms with E-state index >= 15 is 0 Å². The van der Waals surface area contributed by atoms with Crippen LogP contribution in [-0.2, 0) is 24.4 Å². The minimum absolute atomic E-state index is 0.0180. The fraction of sp³-hybridized carbons (Fsp3) is 0.471. The molecule has 2 amide bonds. The predicted molar refractivity (Wildman–Crippen MR) is 95.2 cm³/mol. The third-order valence-corrected chi connectivity index (χ3v) is 6.03. The Morgan fingerprint density at radius 2 is 2.00 bits per heavy atom. The number of anilines is 1. The number of aliphatic carboxylic acids is 1. The van der Waals surface area contributed by atoms with Crippen LogP contribution >= 0.6 is 0 Å². The molecule has 1 aliphatic carbocycles. The Labute approximate surface area is 156 Å². The van der Waals surface area contributed by atoms with Gasteiger partial charge in [-0.2, -0.15) is 0 Å². The average Bonchev–Trinajstić information content (AvgIpc) is 3.21. The molecule has 1 aromatic rings. The van der Waals surface area contributed by atoms with Gasteiger partial charge in [0.15, 0.2) is 0 Å². The molecule has 1 saturated carbocycles. The van der Waals surface area contributed by atoms with E-state index in [0.29, 0.717) is 18.5 Å². The Morgan fingerprint density at radius 3 is 2.67 bits per heavy atom. The molecule has 0 bridgehead atoms. The van der Waals surface area contributed by atoms with Gasteiger partial charge < -0.3 is 15.3 Å². The van der Waals surface area contributed by atoms with Crippen molar-refractivity contribution >= 4 is 33.5 Å². The Kier molecular flexibility index (Phi) is 5.20. The Balaban J connectivity index is 1.70. The maximum atomic E-state index is 12.5. The lowest BCUT2D eigenvalue weighted by molar-refractivity contribution is -0.142. The highest BCUT2D eigenvalue weighted by Crippen LogP contribution is 2.29. The van der Waals surface area contributed by atoms with E-state index < -0.39 is 33.9 Å². The zero-order valence-corrected chi connectivity index (χ0v) is 15.3. The SMILES string of the molecule is NS(=O)(=O)c1cccc(N2CC(C(=O)N[C@@H]3CCC[C@@H]3C(=O)O)CC2=O)c1. The summed E-state index contributed by atoms with van der Waals surface area (Å²) in [7, 11) is -3.91. The molecular formula is C17H21N3O6S. The molecule has 1 unspecified atom stereocenters. The van der Waals surface area contributed by atoms with Crippen LogP contribution in [0.5, 0.6) is 0 Å². The number of nitrogens with one attached hydrogen (secondary N) is 1. The van der Waals surface area contributed by atoms with Crippen molar-refractivity contribution in [2.24, 2.45) is 17.0 Å². The molecule has 1 aliphatic heterocycles. The number of carbonyl (C=O) groups excluding carboxylic acids is 2. The number of nitrogens with zero attached hydrogens (tertiary/aromatic N) is 1. The van der Waals surface area contributed by atoms with Crippen LogP contribution in [0.25, 0.3) is 0 Å². The molecule has 3 rings (SSSR count). The van der Waals surface area contributed by atoms with Crippen molar-refractivity contribution in [1.82, 2.24) is 5.32 Å². The number of rotatable bonds is 5. The number of carbonyl (C=O) groups is 3. The first-order valence-corrected chi connectivity index (χ1v) is 10.2. The number of benzene rings is 1. The van der Waals surface area contributed by atoms with Gasteiger partial charge in [0.1, 0.15) is 0 Å². The lowest BCUT2D eigenvalue weighted by Gasteiger charge is -2.20. The quantitative estimate of drug-likeness (QED) is 0.642. The highest BCUT2D eigenvalue weighted by Gasteiger charge is 2.39. The third kappa shape index (κ3) is 4.11. The van der Waals surface area contributed by atoms with E-state index in [0.717, 1.165) is 6.42 Å². The standard InChI is InChI=1S/C17H21N3O6S/c18-27(25,26)12-4-1-3-11(8-12)20-9-10(7-15(20)21)16(22)19-14-6-2-5-13(14)17(23)24/h1,3-4,8,10,13-14H,2,5-7,9H2,(H,19,22)(H,23,24)(H2,18,25,26)/t10?,13-,14+/m0/s1. The van der Waals surface area contributed by atoms with E-state index in [2.05, 4.69) is 5.32 Å². The van der Waals surface area contributed by atoms with Crippen molar-refractivity contribution in [3.8, 4) is 0 Å². The lowest BCUT2D eigenvalue weighted by atomic mass is 10.0. The summed E-state index contributed by atoms with van der Waals surface area (Å²) in [4.78, 5) is 37.3. The number of carboxylic acids is 1. The van der Waals surface area contributed by atoms with Crippen LogP contribution in [0.1, 0.15) is 25.7 Å². The third-order valence-electron chi connectivity index (χ3n) is 5.11. The largest absolute Gasteiger partial charge is 0.481 e. The van der Waals surface area contributed by atoms with Crippen LogP contribution in [-0.4, -0.2) is 43.9 Å². The van der Waals surface area contributed by atoms with Crippen LogP contribution in [0.15, 0.2) is 29.2 Å². The van der Waals surface area contributed by atoms with Crippen molar-refractivity contribution in [2.75, 3.05) is 11.4 Å². The molecule has 10 heteroatoms. The fourth-order valence-corrected chi connectivity index (χ4v) is 4.24. The van der Waals surface area contributed by atoms with E-state index in [1.165, 1.54) is 23.1 Å². The topological polar surface area (TPSA) is 147 Å². The minimum Gasteiger partial charge on any atom is -0.481 e. The Morgan fingerprint density at radius 1 is 1.26 bits per heavy atom.